The third kappa shape index (κ3) is 5.11. The van der Waals surface area contributed by atoms with Gasteiger partial charge in [-0.2, -0.15) is 13.2 Å². The van der Waals surface area contributed by atoms with E-state index < -0.39 is 23.7 Å². The van der Waals surface area contributed by atoms with Crippen LogP contribution in [0.1, 0.15) is 34.5 Å². The zero-order chi connectivity index (χ0) is 24.3. The first kappa shape index (κ1) is 23.1. The van der Waals surface area contributed by atoms with Crippen LogP contribution in [0.3, 0.4) is 0 Å². The Morgan fingerprint density at radius 2 is 1.65 bits per heavy atom. The number of benzene rings is 2. The molecule has 0 radical (unpaired) electrons. The van der Waals surface area contributed by atoms with Gasteiger partial charge in [0.1, 0.15) is 5.82 Å². The van der Waals surface area contributed by atoms with Crippen molar-refractivity contribution in [3.63, 3.8) is 0 Å². The molecule has 1 unspecified atom stereocenters. The second-order valence-electron chi connectivity index (χ2n) is 7.68. The molecule has 0 fully saturated rings. The van der Waals surface area contributed by atoms with Crippen LogP contribution >= 0.6 is 0 Å². The van der Waals surface area contributed by atoms with Crippen molar-refractivity contribution in [2.24, 2.45) is 0 Å². The fraction of sp³-hybridized carbons (Fsp3) is 0.115. The number of halogens is 4. The lowest BCUT2D eigenvalue weighted by Crippen LogP contribution is -2.26. The van der Waals surface area contributed by atoms with Crippen LogP contribution in [0.15, 0.2) is 85.3 Å². The Labute approximate surface area is 193 Å². The summed E-state index contributed by atoms with van der Waals surface area (Å²) in [6.45, 7) is 1.76. The largest absolute Gasteiger partial charge is 0.416 e. The van der Waals surface area contributed by atoms with Gasteiger partial charge in [0.05, 0.1) is 22.9 Å². The predicted octanol–water partition coefficient (Wildman–Crippen LogP) is 6.46. The number of rotatable bonds is 5. The predicted molar refractivity (Wildman–Crippen MR) is 120 cm³/mol. The Hall–Kier alpha value is -4.07. The van der Waals surface area contributed by atoms with E-state index in [0.717, 1.165) is 17.7 Å². The summed E-state index contributed by atoms with van der Waals surface area (Å²) >= 11 is 0. The molecular weight excluding hydrogens is 446 g/mol. The molecule has 8 heteroatoms. The molecule has 2 aromatic heterocycles. The second-order valence-corrected chi connectivity index (χ2v) is 7.68. The molecule has 172 valence electrons. The molecule has 0 aliphatic heterocycles. The van der Waals surface area contributed by atoms with Gasteiger partial charge < -0.3 is 5.32 Å². The lowest BCUT2D eigenvalue weighted by Gasteiger charge is -2.16. The van der Waals surface area contributed by atoms with Gasteiger partial charge >= 0.3 is 6.18 Å². The van der Waals surface area contributed by atoms with E-state index in [1.807, 2.05) is 0 Å². The lowest BCUT2D eigenvalue weighted by atomic mass is 9.97. The molecular formula is C26H19F4N3O. The van der Waals surface area contributed by atoms with Gasteiger partial charge in [-0.3, -0.25) is 14.8 Å². The van der Waals surface area contributed by atoms with E-state index in [0.29, 0.717) is 16.8 Å². The van der Waals surface area contributed by atoms with Crippen molar-refractivity contribution in [2.75, 3.05) is 0 Å². The highest BCUT2D eigenvalue weighted by molar-refractivity contribution is 5.97. The Morgan fingerprint density at radius 3 is 2.32 bits per heavy atom. The first-order valence-electron chi connectivity index (χ1n) is 10.4. The van der Waals surface area contributed by atoms with Gasteiger partial charge in [0.15, 0.2) is 0 Å². The number of hydrogen-bond acceptors (Lipinski definition) is 3. The minimum absolute atomic E-state index is 0.233. The molecule has 0 saturated carbocycles. The smallest absolute Gasteiger partial charge is 0.345 e. The van der Waals surface area contributed by atoms with Gasteiger partial charge in [-0.25, -0.2) is 4.39 Å². The molecule has 34 heavy (non-hydrogen) atoms. The van der Waals surface area contributed by atoms with Crippen molar-refractivity contribution in [3.8, 4) is 22.4 Å². The SMILES string of the molecule is CC(NC(=O)c1cnc(-c2cccc(C(F)(F)F)c2)c(-c2ccncc2)c1)c1ccc(F)cc1. The van der Waals surface area contributed by atoms with Crippen LogP contribution < -0.4 is 5.32 Å². The molecule has 4 aromatic rings. The molecule has 1 amide bonds. The average molecular weight is 465 g/mol. The molecule has 1 atom stereocenters. The minimum atomic E-state index is -4.50. The van der Waals surface area contributed by atoms with Crippen molar-refractivity contribution in [1.29, 1.82) is 0 Å². The van der Waals surface area contributed by atoms with Crippen molar-refractivity contribution >= 4 is 5.91 Å². The molecule has 1 N–H and O–H groups in total. The summed E-state index contributed by atoms with van der Waals surface area (Å²) in [6, 6.07) is 15.2. The van der Waals surface area contributed by atoms with E-state index in [4.69, 9.17) is 0 Å². The molecule has 2 aromatic carbocycles. The summed E-state index contributed by atoms with van der Waals surface area (Å²) in [5, 5.41) is 2.84. The van der Waals surface area contributed by atoms with E-state index in [-0.39, 0.29) is 16.9 Å². The van der Waals surface area contributed by atoms with Crippen molar-refractivity contribution < 1.29 is 22.4 Å². The molecule has 0 bridgehead atoms. The van der Waals surface area contributed by atoms with E-state index in [1.54, 1.807) is 55.7 Å². The highest BCUT2D eigenvalue weighted by Crippen LogP contribution is 2.35. The first-order valence-corrected chi connectivity index (χ1v) is 10.4. The number of carbonyl (C=O) groups excluding carboxylic acids is 1. The molecule has 0 spiro atoms. The fourth-order valence-electron chi connectivity index (χ4n) is 3.53. The standard InChI is InChI=1S/C26H19F4N3O/c1-16(17-5-7-22(27)8-6-17)33-25(34)20-14-23(18-9-11-31-12-10-18)24(32-15-20)19-3-2-4-21(13-19)26(28,29)30/h2-16H,1H3,(H,33,34). The summed E-state index contributed by atoms with van der Waals surface area (Å²) in [5.41, 5.74) is 1.88. The van der Waals surface area contributed by atoms with Gasteiger partial charge in [-0.1, -0.05) is 24.3 Å². The van der Waals surface area contributed by atoms with Crippen molar-refractivity contribution in [2.45, 2.75) is 19.1 Å². The maximum absolute atomic E-state index is 13.3. The Morgan fingerprint density at radius 1 is 0.941 bits per heavy atom. The molecule has 4 nitrogen and oxygen atoms in total. The minimum Gasteiger partial charge on any atom is -0.345 e. The molecule has 2 heterocycles. The van der Waals surface area contributed by atoms with Crippen molar-refractivity contribution in [1.82, 2.24) is 15.3 Å². The number of nitrogens with one attached hydrogen (secondary N) is 1. The summed E-state index contributed by atoms with van der Waals surface area (Å²) < 4.78 is 53.0. The number of carbonyl (C=O) groups is 1. The zero-order valence-electron chi connectivity index (χ0n) is 18.0. The van der Waals surface area contributed by atoms with E-state index in [2.05, 4.69) is 15.3 Å². The Kier molecular flexibility index (Phi) is 6.40. The third-order valence-electron chi connectivity index (χ3n) is 5.32. The van der Waals surface area contributed by atoms with Crippen LogP contribution in [-0.2, 0) is 6.18 Å². The molecule has 4 rings (SSSR count). The number of pyridine rings is 2. The van der Waals surface area contributed by atoms with E-state index in [1.165, 1.54) is 24.4 Å². The van der Waals surface area contributed by atoms with E-state index >= 15 is 0 Å². The van der Waals surface area contributed by atoms with Crippen LogP contribution in [0.5, 0.6) is 0 Å². The first-order chi connectivity index (χ1) is 16.2. The van der Waals surface area contributed by atoms with Gasteiger partial charge in [0, 0.05) is 29.7 Å². The Balaban J connectivity index is 1.71. The van der Waals surface area contributed by atoms with Crippen molar-refractivity contribution in [3.05, 3.63) is 108 Å². The zero-order valence-corrected chi connectivity index (χ0v) is 18.0. The quantitative estimate of drug-likeness (QED) is 0.344. The van der Waals surface area contributed by atoms with Gasteiger partial charge in [0.2, 0.25) is 0 Å². The van der Waals surface area contributed by atoms with Gasteiger partial charge in [0.25, 0.3) is 5.91 Å². The molecule has 0 aliphatic carbocycles. The molecule has 0 aliphatic rings. The summed E-state index contributed by atoms with van der Waals surface area (Å²) in [7, 11) is 0. The summed E-state index contributed by atoms with van der Waals surface area (Å²) in [4.78, 5) is 21.3. The maximum Gasteiger partial charge on any atom is 0.416 e. The second kappa shape index (κ2) is 9.43. The van der Waals surface area contributed by atoms with Crippen LogP contribution in [-0.4, -0.2) is 15.9 Å². The highest BCUT2D eigenvalue weighted by Gasteiger charge is 2.30. The third-order valence-corrected chi connectivity index (χ3v) is 5.32. The van der Waals surface area contributed by atoms with Crippen LogP contribution in [0.25, 0.3) is 22.4 Å². The Bertz CT molecular complexity index is 1310. The van der Waals surface area contributed by atoms with Gasteiger partial charge in [-0.15, -0.1) is 0 Å². The number of aromatic nitrogens is 2. The normalized spacial score (nSPS) is 12.3. The molecule has 0 saturated heterocycles. The average Bonchev–Trinajstić information content (AvgIpc) is 2.84. The number of amides is 1. The topological polar surface area (TPSA) is 54.9 Å². The maximum atomic E-state index is 13.3. The van der Waals surface area contributed by atoms with Gasteiger partial charge in [-0.05, 0) is 60.5 Å². The number of nitrogens with zero attached hydrogens (tertiary/aromatic N) is 2. The summed E-state index contributed by atoms with van der Waals surface area (Å²) in [5.74, 6) is -0.797. The van der Waals surface area contributed by atoms with Crippen LogP contribution in [0.2, 0.25) is 0 Å². The lowest BCUT2D eigenvalue weighted by molar-refractivity contribution is -0.137. The summed E-state index contributed by atoms with van der Waals surface area (Å²) in [6.07, 6.45) is -0.0701. The highest BCUT2D eigenvalue weighted by atomic mass is 19.4. The van der Waals surface area contributed by atoms with E-state index in [9.17, 15) is 22.4 Å². The number of alkyl halides is 3. The monoisotopic (exact) mass is 465 g/mol. The van der Waals surface area contributed by atoms with Crippen LogP contribution in [0.4, 0.5) is 17.6 Å². The number of hydrogen-bond donors (Lipinski definition) is 1. The van der Waals surface area contributed by atoms with Crippen LogP contribution in [0, 0.1) is 5.82 Å². The fourth-order valence-corrected chi connectivity index (χ4v) is 3.53.